The van der Waals surface area contributed by atoms with E-state index in [9.17, 15) is 0 Å². The minimum atomic E-state index is 0.736. The van der Waals surface area contributed by atoms with Gasteiger partial charge < -0.3 is 5.32 Å². The summed E-state index contributed by atoms with van der Waals surface area (Å²) in [5.74, 6) is 0.934. The van der Waals surface area contributed by atoms with Crippen molar-refractivity contribution in [3.05, 3.63) is 0 Å². The number of hydrogen-bond donors (Lipinski definition) is 1. The van der Waals surface area contributed by atoms with Crippen molar-refractivity contribution in [1.29, 1.82) is 0 Å². The van der Waals surface area contributed by atoms with Gasteiger partial charge in [0.25, 0.3) is 0 Å². The van der Waals surface area contributed by atoms with E-state index >= 15 is 0 Å². The number of hydrogen-bond acceptors (Lipinski definition) is 2. The van der Waals surface area contributed by atoms with E-state index in [2.05, 4.69) is 31.1 Å². The van der Waals surface area contributed by atoms with Crippen LogP contribution in [-0.4, -0.2) is 36.6 Å². The Bertz CT molecular complexity index is 266. The van der Waals surface area contributed by atoms with Crippen LogP contribution in [0.15, 0.2) is 0 Å². The summed E-state index contributed by atoms with van der Waals surface area (Å²) in [5.41, 5.74) is 0. The molecule has 20 heavy (non-hydrogen) atoms. The normalized spacial score (nSPS) is 36.0. The molecule has 4 unspecified atom stereocenters. The fourth-order valence-corrected chi connectivity index (χ4v) is 4.39. The highest BCUT2D eigenvalue weighted by Gasteiger charge is 2.32. The summed E-state index contributed by atoms with van der Waals surface area (Å²) >= 11 is 0. The van der Waals surface area contributed by atoms with Crippen LogP contribution in [0.4, 0.5) is 0 Å². The molecule has 0 saturated heterocycles. The van der Waals surface area contributed by atoms with Crippen LogP contribution in [0.5, 0.6) is 0 Å². The summed E-state index contributed by atoms with van der Waals surface area (Å²) < 4.78 is 0. The van der Waals surface area contributed by atoms with Gasteiger partial charge in [-0.1, -0.05) is 46.0 Å². The number of nitrogens with one attached hydrogen (secondary N) is 1. The topological polar surface area (TPSA) is 15.3 Å². The second-order valence-electron chi connectivity index (χ2n) is 7.36. The molecule has 0 aromatic heterocycles. The van der Waals surface area contributed by atoms with Crippen LogP contribution in [0, 0.1) is 5.92 Å². The Morgan fingerprint density at radius 2 is 1.80 bits per heavy atom. The lowest BCUT2D eigenvalue weighted by Gasteiger charge is -2.42. The molecular formula is C18H36N2. The highest BCUT2D eigenvalue weighted by molar-refractivity contribution is 4.90. The molecule has 2 fully saturated rings. The maximum Gasteiger partial charge on any atom is 0.0249 e. The predicted octanol–water partition coefficient (Wildman–Crippen LogP) is 4.20. The van der Waals surface area contributed by atoms with Crippen LogP contribution < -0.4 is 5.32 Å². The maximum absolute atomic E-state index is 3.85. The van der Waals surface area contributed by atoms with E-state index in [4.69, 9.17) is 0 Å². The Morgan fingerprint density at radius 3 is 2.55 bits per heavy atom. The highest BCUT2D eigenvalue weighted by Crippen LogP contribution is 2.31. The second kappa shape index (κ2) is 8.38. The van der Waals surface area contributed by atoms with E-state index in [0.717, 1.165) is 24.0 Å². The van der Waals surface area contributed by atoms with E-state index in [1.54, 1.807) is 0 Å². The Morgan fingerprint density at radius 1 is 1.00 bits per heavy atom. The van der Waals surface area contributed by atoms with Gasteiger partial charge in [-0.05, 0) is 51.6 Å². The lowest BCUT2D eigenvalue weighted by molar-refractivity contribution is 0.0906. The van der Waals surface area contributed by atoms with Gasteiger partial charge >= 0.3 is 0 Å². The molecule has 2 aliphatic rings. The number of likely N-dealkylation sites (N-methyl/N-ethyl adjacent to an activating group) is 1. The van der Waals surface area contributed by atoms with E-state index in [1.807, 2.05) is 0 Å². The smallest absolute Gasteiger partial charge is 0.0249 e. The zero-order chi connectivity index (χ0) is 14.4. The molecule has 0 radical (unpaired) electrons. The lowest BCUT2D eigenvalue weighted by Crippen LogP contribution is -2.52. The third-order valence-electron chi connectivity index (χ3n) is 5.64. The number of nitrogens with zero attached hydrogens (tertiary/aromatic N) is 1. The second-order valence-corrected chi connectivity index (χ2v) is 7.36. The first kappa shape index (κ1) is 16.3. The minimum absolute atomic E-state index is 0.736. The Balaban J connectivity index is 1.96. The van der Waals surface area contributed by atoms with Crippen molar-refractivity contribution in [3.8, 4) is 0 Å². The van der Waals surface area contributed by atoms with Gasteiger partial charge in [-0.25, -0.2) is 0 Å². The molecule has 1 N–H and O–H groups in total. The number of rotatable bonds is 5. The molecule has 0 spiro atoms. The summed E-state index contributed by atoms with van der Waals surface area (Å²) in [6, 6.07) is 2.35. The van der Waals surface area contributed by atoms with Crippen molar-refractivity contribution in [2.45, 2.75) is 96.2 Å². The van der Waals surface area contributed by atoms with Crippen LogP contribution in [-0.2, 0) is 0 Å². The third kappa shape index (κ3) is 4.46. The molecule has 0 heterocycles. The average molecular weight is 280 g/mol. The van der Waals surface area contributed by atoms with Crippen molar-refractivity contribution < 1.29 is 0 Å². The average Bonchev–Trinajstić information content (AvgIpc) is 2.69. The fraction of sp³-hybridized carbons (Fsp3) is 1.00. The first-order valence-corrected chi connectivity index (χ1v) is 9.17. The van der Waals surface area contributed by atoms with E-state index in [0.29, 0.717) is 0 Å². The van der Waals surface area contributed by atoms with Gasteiger partial charge in [-0.3, -0.25) is 4.90 Å². The summed E-state index contributed by atoms with van der Waals surface area (Å²) in [7, 11) is 2.42. The monoisotopic (exact) mass is 280 g/mol. The van der Waals surface area contributed by atoms with Crippen LogP contribution in [0.3, 0.4) is 0 Å². The zero-order valence-corrected chi connectivity index (χ0v) is 14.0. The van der Waals surface area contributed by atoms with Crippen LogP contribution in [0.25, 0.3) is 0 Å². The van der Waals surface area contributed by atoms with Crippen molar-refractivity contribution in [3.63, 3.8) is 0 Å². The predicted molar refractivity (Wildman–Crippen MR) is 88.1 cm³/mol. The molecular weight excluding hydrogens is 244 g/mol. The summed E-state index contributed by atoms with van der Waals surface area (Å²) in [5, 5.41) is 3.85. The molecule has 0 bridgehead atoms. The molecule has 0 aromatic carbocycles. The molecule has 2 heteroatoms. The lowest BCUT2D eigenvalue weighted by atomic mass is 9.85. The molecule has 2 aliphatic carbocycles. The highest BCUT2D eigenvalue weighted by atomic mass is 15.2. The molecule has 0 amide bonds. The van der Waals surface area contributed by atoms with E-state index in [1.165, 1.54) is 70.8 Å². The zero-order valence-electron chi connectivity index (χ0n) is 14.0. The first-order valence-electron chi connectivity index (χ1n) is 9.17. The largest absolute Gasteiger partial charge is 0.312 e. The third-order valence-corrected chi connectivity index (χ3v) is 5.64. The SMILES string of the molecule is CCCNC1CCCCCC1N(C)C1CCCC(C)C1. The molecule has 118 valence electrons. The van der Waals surface area contributed by atoms with Crippen LogP contribution in [0.2, 0.25) is 0 Å². The molecule has 4 atom stereocenters. The molecule has 0 aliphatic heterocycles. The molecule has 2 rings (SSSR count). The van der Waals surface area contributed by atoms with E-state index < -0.39 is 0 Å². The minimum Gasteiger partial charge on any atom is -0.312 e. The van der Waals surface area contributed by atoms with Crippen molar-refractivity contribution >= 4 is 0 Å². The van der Waals surface area contributed by atoms with Crippen molar-refractivity contribution in [1.82, 2.24) is 10.2 Å². The Labute approximate surface area is 126 Å². The van der Waals surface area contributed by atoms with Gasteiger partial charge in [-0.2, -0.15) is 0 Å². The van der Waals surface area contributed by atoms with Gasteiger partial charge in [0, 0.05) is 18.1 Å². The van der Waals surface area contributed by atoms with Crippen molar-refractivity contribution in [2.24, 2.45) is 5.92 Å². The maximum atomic E-state index is 3.85. The van der Waals surface area contributed by atoms with E-state index in [-0.39, 0.29) is 0 Å². The van der Waals surface area contributed by atoms with Gasteiger partial charge in [0.1, 0.15) is 0 Å². The Hall–Kier alpha value is -0.0800. The summed E-state index contributed by atoms with van der Waals surface area (Å²) in [6.45, 7) is 5.92. The summed E-state index contributed by atoms with van der Waals surface area (Å²) in [4.78, 5) is 2.77. The van der Waals surface area contributed by atoms with Crippen LogP contribution in [0.1, 0.15) is 78.1 Å². The summed E-state index contributed by atoms with van der Waals surface area (Å²) in [6.07, 6.45) is 14.1. The fourth-order valence-electron chi connectivity index (χ4n) is 4.39. The van der Waals surface area contributed by atoms with Gasteiger partial charge in [0.05, 0.1) is 0 Å². The first-order chi connectivity index (χ1) is 9.72. The quantitative estimate of drug-likeness (QED) is 0.759. The van der Waals surface area contributed by atoms with Gasteiger partial charge in [-0.15, -0.1) is 0 Å². The Kier molecular flexibility index (Phi) is 6.83. The van der Waals surface area contributed by atoms with Crippen molar-refractivity contribution in [2.75, 3.05) is 13.6 Å². The van der Waals surface area contributed by atoms with Gasteiger partial charge in [0.2, 0.25) is 0 Å². The van der Waals surface area contributed by atoms with Gasteiger partial charge in [0.15, 0.2) is 0 Å². The molecule has 2 nitrogen and oxygen atoms in total. The van der Waals surface area contributed by atoms with Crippen LogP contribution >= 0.6 is 0 Å². The molecule has 0 aromatic rings. The molecule has 2 saturated carbocycles. The standard InChI is InChI=1S/C18H36N2/c1-4-13-19-17-11-6-5-7-12-18(17)20(3)16-10-8-9-15(2)14-16/h15-19H,4-14H2,1-3H3.